The Labute approximate surface area is 125 Å². The lowest BCUT2D eigenvalue weighted by molar-refractivity contribution is 0.122. The highest BCUT2D eigenvalue weighted by molar-refractivity contribution is 5.74. The minimum absolute atomic E-state index is 0.0229. The second kappa shape index (κ2) is 6.35. The summed E-state index contributed by atoms with van der Waals surface area (Å²) < 4.78 is 5.37. The Morgan fingerprint density at radius 2 is 1.95 bits per heavy atom. The van der Waals surface area contributed by atoms with Gasteiger partial charge in [0.25, 0.3) is 0 Å². The van der Waals surface area contributed by atoms with Crippen LogP contribution >= 0.6 is 0 Å². The van der Waals surface area contributed by atoms with Crippen molar-refractivity contribution < 1.29 is 9.53 Å². The van der Waals surface area contributed by atoms with Gasteiger partial charge in [0.1, 0.15) is 0 Å². The lowest BCUT2D eigenvalue weighted by Gasteiger charge is -2.29. The number of morpholine rings is 1. The van der Waals surface area contributed by atoms with Crippen LogP contribution in [0.25, 0.3) is 0 Å². The molecule has 2 amide bonds. The van der Waals surface area contributed by atoms with Gasteiger partial charge in [-0.1, -0.05) is 12.1 Å². The van der Waals surface area contributed by atoms with E-state index in [4.69, 9.17) is 4.74 Å². The fraction of sp³-hybridized carbons (Fsp3) is 0.562. The molecule has 2 aliphatic rings. The molecule has 0 aromatic heterocycles. The van der Waals surface area contributed by atoms with Crippen LogP contribution in [0.15, 0.2) is 24.3 Å². The molecule has 0 radical (unpaired) electrons. The first-order valence-corrected chi connectivity index (χ1v) is 7.65. The van der Waals surface area contributed by atoms with E-state index in [0.717, 1.165) is 44.7 Å². The number of nitrogens with zero attached hydrogens (tertiary/aromatic N) is 2. The Balaban J connectivity index is 1.54. The predicted molar refractivity (Wildman–Crippen MR) is 82.5 cm³/mol. The molecule has 3 rings (SSSR count). The molecule has 0 bridgehead atoms. The van der Waals surface area contributed by atoms with E-state index in [1.165, 1.54) is 5.69 Å². The molecule has 1 aromatic rings. The van der Waals surface area contributed by atoms with Gasteiger partial charge in [0.2, 0.25) is 0 Å². The summed E-state index contributed by atoms with van der Waals surface area (Å²) in [6.07, 6.45) is 2.24. The maximum atomic E-state index is 11.9. The van der Waals surface area contributed by atoms with Crippen LogP contribution in [0.3, 0.4) is 0 Å². The van der Waals surface area contributed by atoms with E-state index in [-0.39, 0.29) is 6.03 Å². The van der Waals surface area contributed by atoms with Crippen molar-refractivity contribution in [1.29, 1.82) is 0 Å². The summed E-state index contributed by atoms with van der Waals surface area (Å²) in [4.78, 5) is 16.0. The molecule has 0 spiro atoms. The quantitative estimate of drug-likeness (QED) is 0.919. The van der Waals surface area contributed by atoms with E-state index < -0.39 is 0 Å². The van der Waals surface area contributed by atoms with Crippen LogP contribution in [-0.2, 0) is 11.3 Å². The average Bonchev–Trinajstić information content (AvgIpc) is 3.33. The van der Waals surface area contributed by atoms with Crippen LogP contribution in [0, 0.1) is 0 Å². The van der Waals surface area contributed by atoms with Crippen molar-refractivity contribution in [1.82, 2.24) is 10.2 Å². The third-order valence-electron chi connectivity index (χ3n) is 3.98. The second-order valence-electron chi connectivity index (χ2n) is 5.85. The Bertz CT molecular complexity index is 479. The summed E-state index contributed by atoms with van der Waals surface area (Å²) in [6.45, 7) is 4.13. The van der Waals surface area contributed by atoms with E-state index in [1.54, 1.807) is 4.90 Å². The average molecular weight is 289 g/mol. The second-order valence-corrected chi connectivity index (χ2v) is 5.85. The van der Waals surface area contributed by atoms with Crippen LogP contribution in [-0.4, -0.2) is 50.3 Å². The highest BCUT2D eigenvalue weighted by Crippen LogP contribution is 2.20. The van der Waals surface area contributed by atoms with Crippen LogP contribution in [0.2, 0.25) is 0 Å². The normalized spacial score (nSPS) is 18.4. The summed E-state index contributed by atoms with van der Waals surface area (Å²) in [5.41, 5.74) is 2.38. The van der Waals surface area contributed by atoms with Gasteiger partial charge in [0.15, 0.2) is 0 Å². The van der Waals surface area contributed by atoms with Gasteiger partial charge in [-0.2, -0.15) is 0 Å². The zero-order valence-electron chi connectivity index (χ0n) is 12.5. The van der Waals surface area contributed by atoms with Crippen molar-refractivity contribution in [2.45, 2.75) is 25.4 Å². The van der Waals surface area contributed by atoms with Gasteiger partial charge < -0.3 is 19.9 Å². The minimum atomic E-state index is 0.0229. The summed E-state index contributed by atoms with van der Waals surface area (Å²) in [7, 11) is 1.84. The molecular formula is C16H23N3O2. The van der Waals surface area contributed by atoms with E-state index >= 15 is 0 Å². The molecule has 1 N–H and O–H groups in total. The highest BCUT2D eigenvalue weighted by atomic mass is 16.5. The number of carbonyl (C=O) groups excluding carboxylic acids is 1. The monoisotopic (exact) mass is 289 g/mol. The molecule has 1 aliphatic heterocycles. The fourth-order valence-electron chi connectivity index (χ4n) is 2.49. The van der Waals surface area contributed by atoms with Crippen LogP contribution < -0.4 is 10.2 Å². The predicted octanol–water partition coefficient (Wildman–Crippen LogP) is 1.83. The van der Waals surface area contributed by atoms with Gasteiger partial charge in [0, 0.05) is 38.4 Å². The standard InChI is InChI=1S/C16H23N3O2/c1-18(16(20)17-14-4-5-14)12-13-2-6-15(7-3-13)19-8-10-21-11-9-19/h2-3,6-7,14H,4-5,8-12H2,1H3,(H,17,20). The summed E-state index contributed by atoms with van der Waals surface area (Å²) in [5.74, 6) is 0. The smallest absolute Gasteiger partial charge is 0.317 e. The number of hydrogen-bond donors (Lipinski definition) is 1. The Morgan fingerprint density at radius 1 is 1.29 bits per heavy atom. The Kier molecular flexibility index (Phi) is 4.29. The number of anilines is 1. The molecular weight excluding hydrogens is 266 g/mol. The number of urea groups is 1. The summed E-state index contributed by atoms with van der Waals surface area (Å²) in [6, 6.07) is 8.90. The van der Waals surface area contributed by atoms with Crippen molar-refractivity contribution >= 4 is 11.7 Å². The number of rotatable bonds is 4. The molecule has 1 heterocycles. The zero-order valence-corrected chi connectivity index (χ0v) is 12.5. The maximum absolute atomic E-state index is 11.9. The first-order chi connectivity index (χ1) is 10.2. The largest absolute Gasteiger partial charge is 0.378 e. The van der Waals surface area contributed by atoms with Gasteiger partial charge in [-0.15, -0.1) is 0 Å². The molecule has 5 nitrogen and oxygen atoms in total. The number of amides is 2. The number of carbonyl (C=O) groups is 1. The molecule has 21 heavy (non-hydrogen) atoms. The highest BCUT2D eigenvalue weighted by Gasteiger charge is 2.24. The zero-order chi connectivity index (χ0) is 14.7. The van der Waals surface area contributed by atoms with Crippen LogP contribution in [0.4, 0.5) is 10.5 Å². The van der Waals surface area contributed by atoms with Gasteiger partial charge in [-0.05, 0) is 30.5 Å². The summed E-state index contributed by atoms with van der Waals surface area (Å²) >= 11 is 0. The van der Waals surface area contributed by atoms with Crippen molar-refractivity contribution in [2.75, 3.05) is 38.3 Å². The molecule has 114 valence electrons. The van der Waals surface area contributed by atoms with Gasteiger partial charge >= 0.3 is 6.03 Å². The van der Waals surface area contributed by atoms with Gasteiger partial charge in [-0.3, -0.25) is 0 Å². The van der Waals surface area contributed by atoms with E-state index in [0.29, 0.717) is 12.6 Å². The molecule has 2 fully saturated rings. The molecule has 1 saturated carbocycles. The number of ether oxygens (including phenoxy) is 1. The van der Waals surface area contributed by atoms with Gasteiger partial charge in [-0.25, -0.2) is 4.79 Å². The molecule has 1 aromatic carbocycles. The van der Waals surface area contributed by atoms with Gasteiger partial charge in [0.05, 0.1) is 13.2 Å². The molecule has 0 unspecified atom stereocenters. The SMILES string of the molecule is CN(Cc1ccc(N2CCOCC2)cc1)C(=O)NC1CC1. The van der Waals surface area contributed by atoms with Crippen molar-refractivity contribution in [3.05, 3.63) is 29.8 Å². The third kappa shape index (κ3) is 3.88. The molecule has 0 atom stereocenters. The lowest BCUT2D eigenvalue weighted by Crippen LogP contribution is -2.38. The Morgan fingerprint density at radius 3 is 2.57 bits per heavy atom. The maximum Gasteiger partial charge on any atom is 0.317 e. The van der Waals surface area contributed by atoms with Crippen molar-refractivity contribution in [3.8, 4) is 0 Å². The lowest BCUT2D eigenvalue weighted by atomic mass is 10.2. The van der Waals surface area contributed by atoms with E-state index in [2.05, 4.69) is 34.5 Å². The van der Waals surface area contributed by atoms with Crippen molar-refractivity contribution in [2.24, 2.45) is 0 Å². The van der Waals surface area contributed by atoms with Crippen LogP contribution in [0.1, 0.15) is 18.4 Å². The number of nitrogens with one attached hydrogen (secondary N) is 1. The van der Waals surface area contributed by atoms with E-state index in [1.807, 2.05) is 7.05 Å². The number of benzene rings is 1. The van der Waals surface area contributed by atoms with E-state index in [9.17, 15) is 4.79 Å². The third-order valence-corrected chi connectivity index (χ3v) is 3.98. The van der Waals surface area contributed by atoms with Crippen molar-refractivity contribution in [3.63, 3.8) is 0 Å². The minimum Gasteiger partial charge on any atom is -0.378 e. The van der Waals surface area contributed by atoms with Crippen LogP contribution in [0.5, 0.6) is 0 Å². The first kappa shape index (κ1) is 14.2. The fourth-order valence-corrected chi connectivity index (χ4v) is 2.49. The molecule has 5 heteroatoms. The number of hydrogen-bond acceptors (Lipinski definition) is 3. The summed E-state index contributed by atoms with van der Waals surface area (Å²) in [5, 5.41) is 3.00. The Hall–Kier alpha value is -1.75. The first-order valence-electron chi connectivity index (χ1n) is 7.65. The molecule has 1 aliphatic carbocycles. The molecule has 1 saturated heterocycles. The topological polar surface area (TPSA) is 44.8 Å².